The van der Waals surface area contributed by atoms with Gasteiger partial charge in [-0.05, 0) is 48.9 Å². The normalized spacial score (nSPS) is 19.9. The molecule has 0 saturated carbocycles. The van der Waals surface area contributed by atoms with Gasteiger partial charge in [0.15, 0.2) is 0 Å². The number of aromatic nitrogens is 3. The van der Waals surface area contributed by atoms with Gasteiger partial charge in [-0.2, -0.15) is 0 Å². The number of aliphatic imine (C=N–C) groups is 1. The Balaban J connectivity index is 1.49. The first-order valence-electron chi connectivity index (χ1n) is 12.4. The van der Waals surface area contributed by atoms with Gasteiger partial charge < -0.3 is 18.9 Å². The number of imidazole rings is 1. The monoisotopic (exact) mass is 473 g/mol. The van der Waals surface area contributed by atoms with E-state index in [1.54, 1.807) is 20.5 Å². The summed E-state index contributed by atoms with van der Waals surface area (Å²) in [6, 6.07) is 10.7. The highest BCUT2D eigenvalue weighted by Crippen LogP contribution is 2.41. The van der Waals surface area contributed by atoms with Crippen LogP contribution in [0.25, 0.3) is 5.69 Å². The second-order valence-electron chi connectivity index (χ2n) is 10.5. The van der Waals surface area contributed by atoms with Gasteiger partial charge in [-0.3, -0.25) is 4.99 Å². The van der Waals surface area contributed by atoms with Crippen molar-refractivity contribution in [3.8, 4) is 17.3 Å². The van der Waals surface area contributed by atoms with Crippen LogP contribution >= 0.6 is 0 Å². The minimum absolute atomic E-state index is 0.0186. The highest BCUT2D eigenvalue weighted by atomic mass is 16.5. The molecule has 4 heterocycles. The summed E-state index contributed by atoms with van der Waals surface area (Å²) in [6.45, 7) is 10.6. The SMILES string of the molecule is COc1ccc(C(C)(C)C)cc1[C@H]1CCCN2CC(c3ccc(-n4cnc(C)c4)c(OC)n3)N=C12. The second kappa shape index (κ2) is 9.02. The molecule has 2 aromatic heterocycles. The zero-order valence-corrected chi connectivity index (χ0v) is 21.6. The smallest absolute Gasteiger partial charge is 0.238 e. The van der Waals surface area contributed by atoms with E-state index >= 15 is 0 Å². The van der Waals surface area contributed by atoms with Crippen LogP contribution in [0.5, 0.6) is 11.6 Å². The molecule has 0 radical (unpaired) electrons. The number of benzene rings is 1. The molecule has 5 rings (SSSR count). The van der Waals surface area contributed by atoms with E-state index in [0.717, 1.165) is 54.6 Å². The highest BCUT2D eigenvalue weighted by molar-refractivity contribution is 5.92. The van der Waals surface area contributed by atoms with Crippen LogP contribution in [0.15, 0.2) is 47.8 Å². The van der Waals surface area contributed by atoms with Crippen LogP contribution in [-0.4, -0.2) is 52.6 Å². The second-order valence-corrected chi connectivity index (χ2v) is 10.5. The van der Waals surface area contributed by atoms with Crippen LogP contribution in [0.4, 0.5) is 0 Å². The molecule has 1 fully saturated rings. The van der Waals surface area contributed by atoms with Crippen LogP contribution < -0.4 is 9.47 Å². The summed E-state index contributed by atoms with van der Waals surface area (Å²) in [6.07, 6.45) is 5.96. The fraction of sp³-hybridized carbons (Fsp3) is 0.464. The molecule has 1 unspecified atom stereocenters. The predicted molar refractivity (Wildman–Crippen MR) is 138 cm³/mol. The summed E-state index contributed by atoms with van der Waals surface area (Å²) >= 11 is 0. The molecule has 0 N–H and O–H groups in total. The van der Waals surface area contributed by atoms with Gasteiger partial charge in [-0.15, -0.1) is 0 Å². The number of hydrogen-bond acceptors (Lipinski definition) is 6. The number of pyridine rings is 1. The topological polar surface area (TPSA) is 64.8 Å². The van der Waals surface area contributed by atoms with Crippen molar-refractivity contribution in [3.05, 3.63) is 65.4 Å². The van der Waals surface area contributed by atoms with Crippen LogP contribution in [0.2, 0.25) is 0 Å². The molecule has 0 amide bonds. The average Bonchev–Trinajstić information content (AvgIpc) is 3.48. The number of nitrogens with zero attached hydrogens (tertiary/aromatic N) is 5. The molecule has 2 aliphatic heterocycles. The lowest BCUT2D eigenvalue weighted by atomic mass is 9.82. The van der Waals surface area contributed by atoms with Crippen LogP contribution in [0, 0.1) is 6.92 Å². The van der Waals surface area contributed by atoms with Crippen molar-refractivity contribution in [2.45, 2.75) is 57.9 Å². The Morgan fingerprint density at radius 1 is 1.06 bits per heavy atom. The van der Waals surface area contributed by atoms with E-state index in [0.29, 0.717) is 5.88 Å². The predicted octanol–water partition coefficient (Wildman–Crippen LogP) is 5.22. The molecule has 1 saturated heterocycles. The quantitative estimate of drug-likeness (QED) is 0.508. The zero-order valence-electron chi connectivity index (χ0n) is 21.6. The third-order valence-electron chi connectivity index (χ3n) is 7.10. The van der Waals surface area contributed by atoms with Gasteiger partial charge in [0.05, 0.1) is 31.9 Å². The molecular weight excluding hydrogens is 438 g/mol. The van der Waals surface area contributed by atoms with Crippen LogP contribution in [-0.2, 0) is 5.41 Å². The van der Waals surface area contributed by atoms with Crippen LogP contribution in [0.3, 0.4) is 0 Å². The van der Waals surface area contributed by atoms with Crippen molar-refractivity contribution in [2.24, 2.45) is 4.99 Å². The fourth-order valence-electron chi connectivity index (χ4n) is 5.18. The number of rotatable bonds is 5. The maximum atomic E-state index is 5.80. The largest absolute Gasteiger partial charge is 0.496 e. The van der Waals surface area contributed by atoms with Crippen LogP contribution in [0.1, 0.15) is 68.1 Å². The molecular formula is C28H35N5O2. The Morgan fingerprint density at radius 2 is 1.89 bits per heavy atom. The summed E-state index contributed by atoms with van der Waals surface area (Å²) in [5.41, 5.74) is 5.39. The van der Waals surface area contributed by atoms with Gasteiger partial charge in [0.25, 0.3) is 0 Å². The summed E-state index contributed by atoms with van der Waals surface area (Å²) in [5.74, 6) is 2.90. The maximum absolute atomic E-state index is 5.80. The molecule has 3 aromatic rings. The van der Waals surface area contributed by atoms with Gasteiger partial charge in [0, 0.05) is 30.8 Å². The molecule has 7 heteroatoms. The minimum atomic E-state index is -0.0186. The fourth-order valence-corrected chi connectivity index (χ4v) is 5.18. The molecule has 7 nitrogen and oxygen atoms in total. The summed E-state index contributed by atoms with van der Waals surface area (Å²) in [4.78, 5) is 16.9. The molecule has 0 aliphatic carbocycles. The number of hydrogen-bond donors (Lipinski definition) is 0. The summed E-state index contributed by atoms with van der Waals surface area (Å²) in [5, 5.41) is 0. The standard InChI is InChI=1S/C28H35N5O2/c1-18-15-33(17-29-18)24-11-10-22(31-27(24)35-6)23-16-32-13-7-8-20(26(32)30-23)21-14-19(28(2,3)4)9-12-25(21)34-5/h9-12,14-15,17,20,23H,7-8,13,16H2,1-6H3/t20-,23?/m1/s1. The van der Waals surface area contributed by atoms with E-state index < -0.39 is 0 Å². The maximum Gasteiger partial charge on any atom is 0.238 e. The lowest BCUT2D eigenvalue weighted by Gasteiger charge is -2.33. The molecule has 0 bridgehead atoms. The van der Waals surface area contributed by atoms with Crippen molar-refractivity contribution in [3.63, 3.8) is 0 Å². The number of amidine groups is 1. The van der Waals surface area contributed by atoms with Crippen molar-refractivity contribution >= 4 is 5.84 Å². The molecule has 1 aromatic carbocycles. The number of aryl methyl sites for hydroxylation is 1. The van der Waals surface area contributed by atoms with Gasteiger partial charge in [-0.25, -0.2) is 9.97 Å². The van der Waals surface area contributed by atoms with E-state index in [-0.39, 0.29) is 17.4 Å². The molecule has 0 spiro atoms. The highest BCUT2D eigenvalue weighted by Gasteiger charge is 2.37. The van der Waals surface area contributed by atoms with Crippen molar-refractivity contribution in [1.82, 2.24) is 19.4 Å². The number of piperidine rings is 1. The van der Waals surface area contributed by atoms with E-state index in [4.69, 9.17) is 19.5 Å². The summed E-state index contributed by atoms with van der Waals surface area (Å²) in [7, 11) is 3.42. The number of methoxy groups -OCH3 is 2. The van der Waals surface area contributed by atoms with E-state index in [1.807, 2.05) is 23.8 Å². The van der Waals surface area contributed by atoms with Gasteiger partial charge in [-0.1, -0.05) is 32.9 Å². The van der Waals surface area contributed by atoms with Crippen molar-refractivity contribution in [1.29, 1.82) is 0 Å². The average molecular weight is 474 g/mol. The Morgan fingerprint density at radius 3 is 2.57 bits per heavy atom. The first-order chi connectivity index (χ1) is 16.8. The first kappa shape index (κ1) is 23.4. The minimum Gasteiger partial charge on any atom is -0.496 e. The Bertz CT molecular complexity index is 1260. The van der Waals surface area contributed by atoms with E-state index in [1.165, 1.54) is 11.1 Å². The molecule has 2 atom stereocenters. The van der Waals surface area contributed by atoms with E-state index in [9.17, 15) is 0 Å². The Hall–Kier alpha value is -3.35. The van der Waals surface area contributed by atoms with Gasteiger partial charge in [0.2, 0.25) is 5.88 Å². The molecule has 184 valence electrons. The Labute approximate surface area is 207 Å². The Kier molecular flexibility index (Phi) is 6.03. The zero-order chi connectivity index (χ0) is 24.7. The van der Waals surface area contributed by atoms with Gasteiger partial charge in [0.1, 0.15) is 23.3 Å². The summed E-state index contributed by atoms with van der Waals surface area (Å²) < 4.78 is 13.4. The lowest BCUT2D eigenvalue weighted by Crippen LogP contribution is -2.37. The van der Waals surface area contributed by atoms with Crippen molar-refractivity contribution in [2.75, 3.05) is 27.3 Å². The van der Waals surface area contributed by atoms with Gasteiger partial charge >= 0.3 is 0 Å². The third-order valence-corrected chi connectivity index (χ3v) is 7.10. The molecule has 2 aliphatic rings. The third kappa shape index (κ3) is 4.40. The van der Waals surface area contributed by atoms with Crippen molar-refractivity contribution < 1.29 is 9.47 Å². The molecule has 35 heavy (non-hydrogen) atoms. The number of ether oxygens (including phenoxy) is 2. The number of fused-ring (bicyclic) bond motifs is 1. The van der Waals surface area contributed by atoms with E-state index in [2.05, 4.69) is 54.9 Å². The first-order valence-corrected chi connectivity index (χ1v) is 12.4. The lowest BCUT2D eigenvalue weighted by molar-refractivity contribution is 0.359.